The van der Waals surface area contributed by atoms with Crippen LogP contribution < -0.4 is 0 Å². The summed E-state index contributed by atoms with van der Waals surface area (Å²) in [6, 6.07) is 6.80. The number of aromatic nitrogens is 1. The van der Waals surface area contributed by atoms with Gasteiger partial charge in [0.15, 0.2) is 0 Å². The summed E-state index contributed by atoms with van der Waals surface area (Å²) in [6.07, 6.45) is 5.39. The molecule has 0 spiro atoms. The number of rotatable bonds is 6. The highest BCUT2D eigenvalue weighted by molar-refractivity contribution is 5.82. The number of hydrogen-bond acceptors (Lipinski definition) is 2. The van der Waals surface area contributed by atoms with E-state index in [-0.39, 0.29) is 5.82 Å². The zero-order valence-corrected chi connectivity index (χ0v) is 10.8. The molecule has 2 aromatic rings. The fourth-order valence-corrected chi connectivity index (χ4v) is 2.13. The number of hydrogen-bond donors (Lipinski definition) is 0. The highest BCUT2D eigenvalue weighted by Crippen LogP contribution is 2.20. The number of benzene rings is 1. The third-order valence-electron chi connectivity index (χ3n) is 2.97. The number of fused-ring (bicyclic) bond motifs is 1. The van der Waals surface area contributed by atoms with Gasteiger partial charge >= 0.3 is 0 Å². The van der Waals surface area contributed by atoms with Crippen LogP contribution in [0.3, 0.4) is 0 Å². The summed E-state index contributed by atoms with van der Waals surface area (Å²) in [5.74, 6) is -0.231. The molecule has 0 aliphatic carbocycles. The second kappa shape index (κ2) is 6.25. The van der Waals surface area contributed by atoms with E-state index in [1.54, 1.807) is 24.4 Å². The summed E-state index contributed by atoms with van der Waals surface area (Å²) in [7, 11) is 0. The molecule has 0 bridgehead atoms. The molecule has 1 heterocycles. The molecule has 1 aromatic carbocycles. The van der Waals surface area contributed by atoms with Crippen LogP contribution in [0.1, 0.15) is 5.56 Å². The Hall–Kier alpha value is -2.00. The summed E-state index contributed by atoms with van der Waals surface area (Å²) in [6.45, 7) is 9.72. The standard InChI is InChI=1S/C16H17FN2/c1-3-10-19(11-4-2)12-13-7-8-15(17)14-6-5-9-18-16(13)14/h3-9H,1-2,10-12H2. The van der Waals surface area contributed by atoms with Crippen molar-refractivity contribution in [1.82, 2.24) is 9.88 Å². The van der Waals surface area contributed by atoms with E-state index in [2.05, 4.69) is 23.0 Å². The zero-order chi connectivity index (χ0) is 13.7. The SMILES string of the molecule is C=CCN(CC=C)Cc1ccc(F)c2cccnc12. The fourth-order valence-electron chi connectivity index (χ4n) is 2.13. The fraction of sp³-hybridized carbons (Fsp3) is 0.188. The smallest absolute Gasteiger partial charge is 0.132 e. The molecule has 0 saturated heterocycles. The topological polar surface area (TPSA) is 16.1 Å². The lowest BCUT2D eigenvalue weighted by molar-refractivity contribution is 0.328. The van der Waals surface area contributed by atoms with Crippen LogP contribution in [0, 0.1) is 5.82 Å². The van der Waals surface area contributed by atoms with Crippen LogP contribution in [0.5, 0.6) is 0 Å². The van der Waals surface area contributed by atoms with Gasteiger partial charge in [-0.1, -0.05) is 18.2 Å². The highest BCUT2D eigenvalue weighted by Gasteiger charge is 2.09. The molecule has 0 fully saturated rings. The largest absolute Gasteiger partial charge is 0.292 e. The van der Waals surface area contributed by atoms with Gasteiger partial charge in [0.25, 0.3) is 0 Å². The van der Waals surface area contributed by atoms with Crippen LogP contribution in [0.2, 0.25) is 0 Å². The highest BCUT2D eigenvalue weighted by atomic mass is 19.1. The van der Waals surface area contributed by atoms with Crippen molar-refractivity contribution in [2.75, 3.05) is 13.1 Å². The molecule has 2 nitrogen and oxygen atoms in total. The van der Waals surface area contributed by atoms with Crippen LogP contribution in [0.4, 0.5) is 4.39 Å². The lowest BCUT2D eigenvalue weighted by Gasteiger charge is -2.19. The number of halogens is 1. The van der Waals surface area contributed by atoms with Crippen molar-refractivity contribution >= 4 is 10.9 Å². The average Bonchev–Trinajstić information content (AvgIpc) is 2.43. The van der Waals surface area contributed by atoms with Crippen molar-refractivity contribution in [3.8, 4) is 0 Å². The first-order valence-electron chi connectivity index (χ1n) is 6.22. The molecular formula is C16H17FN2. The summed E-state index contributed by atoms with van der Waals surface area (Å²) in [5.41, 5.74) is 1.74. The van der Waals surface area contributed by atoms with Gasteiger partial charge in [-0.25, -0.2) is 4.39 Å². The Balaban J connectivity index is 2.36. The van der Waals surface area contributed by atoms with Crippen LogP contribution in [-0.2, 0) is 6.54 Å². The van der Waals surface area contributed by atoms with Crippen LogP contribution in [0.15, 0.2) is 55.8 Å². The van der Waals surface area contributed by atoms with Crippen molar-refractivity contribution in [2.24, 2.45) is 0 Å². The van der Waals surface area contributed by atoms with Gasteiger partial charge in [0, 0.05) is 31.2 Å². The summed E-state index contributed by atoms with van der Waals surface area (Å²) in [4.78, 5) is 6.46. The molecule has 0 unspecified atom stereocenters. The first-order valence-corrected chi connectivity index (χ1v) is 6.22. The molecule has 0 radical (unpaired) electrons. The van der Waals surface area contributed by atoms with Crippen LogP contribution in [-0.4, -0.2) is 23.0 Å². The number of pyridine rings is 1. The van der Waals surface area contributed by atoms with Gasteiger partial charge in [0.2, 0.25) is 0 Å². The van der Waals surface area contributed by atoms with E-state index in [0.29, 0.717) is 11.9 Å². The molecule has 0 saturated carbocycles. The molecule has 98 valence electrons. The monoisotopic (exact) mass is 256 g/mol. The Labute approximate surface area is 112 Å². The van der Waals surface area contributed by atoms with Gasteiger partial charge in [-0.2, -0.15) is 0 Å². The minimum atomic E-state index is -0.231. The maximum absolute atomic E-state index is 13.7. The molecule has 3 heteroatoms. The second-order valence-electron chi connectivity index (χ2n) is 4.38. The third-order valence-corrected chi connectivity index (χ3v) is 2.97. The van der Waals surface area contributed by atoms with Gasteiger partial charge in [0.05, 0.1) is 5.52 Å². The van der Waals surface area contributed by atoms with E-state index < -0.39 is 0 Å². The molecule has 0 N–H and O–H groups in total. The Kier molecular flexibility index (Phi) is 4.42. The molecule has 0 aliphatic heterocycles. The molecule has 19 heavy (non-hydrogen) atoms. The molecule has 2 rings (SSSR count). The van der Waals surface area contributed by atoms with E-state index in [0.717, 1.165) is 24.2 Å². The van der Waals surface area contributed by atoms with E-state index >= 15 is 0 Å². The Morgan fingerprint density at radius 1 is 1.16 bits per heavy atom. The lowest BCUT2D eigenvalue weighted by atomic mass is 10.1. The van der Waals surface area contributed by atoms with E-state index in [1.165, 1.54) is 6.07 Å². The van der Waals surface area contributed by atoms with Crippen molar-refractivity contribution in [1.29, 1.82) is 0 Å². The number of nitrogens with zero attached hydrogens (tertiary/aromatic N) is 2. The minimum Gasteiger partial charge on any atom is -0.292 e. The van der Waals surface area contributed by atoms with Gasteiger partial charge in [0.1, 0.15) is 5.82 Å². The van der Waals surface area contributed by atoms with Gasteiger partial charge < -0.3 is 0 Å². The Bertz CT molecular complexity index is 582. The van der Waals surface area contributed by atoms with Crippen LogP contribution in [0.25, 0.3) is 10.9 Å². The summed E-state index contributed by atoms with van der Waals surface area (Å²) < 4.78 is 13.7. The van der Waals surface area contributed by atoms with Crippen molar-refractivity contribution in [2.45, 2.75) is 6.54 Å². The molecular weight excluding hydrogens is 239 g/mol. The zero-order valence-electron chi connectivity index (χ0n) is 10.8. The Morgan fingerprint density at radius 2 is 1.89 bits per heavy atom. The molecule has 0 aliphatic rings. The maximum atomic E-state index is 13.7. The average molecular weight is 256 g/mol. The lowest BCUT2D eigenvalue weighted by Crippen LogP contribution is -2.23. The van der Waals surface area contributed by atoms with Crippen molar-refractivity contribution in [3.63, 3.8) is 0 Å². The quantitative estimate of drug-likeness (QED) is 0.735. The van der Waals surface area contributed by atoms with Gasteiger partial charge in [-0.05, 0) is 23.8 Å². The first-order chi connectivity index (χ1) is 9.26. The predicted molar refractivity (Wildman–Crippen MR) is 77.4 cm³/mol. The maximum Gasteiger partial charge on any atom is 0.132 e. The van der Waals surface area contributed by atoms with Gasteiger partial charge in [-0.3, -0.25) is 9.88 Å². The van der Waals surface area contributed by atoms with Crippen molar-refractivity contribution < 1.29 is 4.39 Å². The summed E-state index contributed by atoms with van der Waals surface area (Å²) >= 11 is 0. The molecule has 0 atom stereocenters. The van der Waals surface area contributed by atoms with Gasteiger partial charge in [-0.15, -0.1) is 13.2 Å². The van der Waals surface area contributed by atoms with E-state index in [9.17, 15) is 4.39 Å². The minimum absolute atomic E-state index is 0.231. The first kappa shape index (κ1) is 13.4. The van der Waals surface area contributed by atoms with E-state index in [4.69, 9.17) is 0 Å². The normalized spacial score (nSPS) is 10.8. The predicted octanol–water partition coefficient (Wildman–Crippen LogP) is 3.55. The molecule has 0 amide bonds. The Morgan fingerprint density at radius 3 is 2.58 bits per heavy atom. The third kappa shape index (κ3) is 3.06. The summed E-state index contributed by atoms with van der Waals surface area (Å²) in [5, 5.41) is 0.567. The van der Waals surface area contributed by atoms with Crippen molar-refractivity contribution in [3.05, 3.63) is 67.2 Å². The molecule has 1 aromatic heterocycles. The second-order valence-corrected chi connectivity index (χ2v) is 4.38. The van der Waals surface area contributed by atoms with Crippen LogP contribution >= 0.6 is 0 Å². The van der Waals surface area contributed by atoms with E-state index in [1.807, 2.05) is 12.2 Å².